The largest absolute Gasteiger partial charge is 0.491 e. The summed E-state index contributed by atoms with van der Waals surface area (Å²) in [5.41, 5.74) is 0.823. The highest BCUT2D eigenvalue weighted by atomic mass is 32.1. The number of guanidine groups is 1. The molecule has 27 heavy (non-hydrogen) atoms. The van der Waals surface area contributed by atoms with E-state index in [0.717, 1.165) is 35.8 Å². The molecule has 1 unspecified atom stereocenters. The summed E-state index contributed by atoms with van der Waals surface area (Å²) < 4.78 is 5.63. The smallest absolute Gasteiger partial charge is 0.191 e. The Morgan fingerprint density at radius 2 is 2.00 bits per heavy atom. The van der Waals surface area contributed by atoms with Gasteiger partial charge in [0.15, 0.2) is 5.96 Å². The van der Waals surface area contributed by atoms with Crippen LogP contribution in [0.25, 0.3) is 0 Å². The summed E-state index contributed by atoms with van der Waals surface area (Å²) in [6.07, 6.45) is 2.22. The summed E-state index contributed by atoms with van der Waals surface area (Å²) in [6, 6.07) is 7.51. The van der Waals surface area contributed by atoms with Gasteiger partial charge in [0.05, 0.1) is 23.8 Å². The number of aliphatic hydroxyl groups excluding tert-OH is 1. The van der Waals surface area contributed by atoms with Crippen molar-refractivity contribution in [1.29, 1.82) is 0 Å². The number of nitrogens with zero attached hydrogens (tertiary/aromatic N) is 2. The van der Waals surface area contributed by atoms with Crippen LogP contribution in [0.3, 0.4) is 0 Å². The fraction of sp³-hybridized carbons (Fsp3) is 0.500. The Labute approximate surface area is 165 Å². The molecule has 3 N–H and O–H groups in total. The minimum atomic E-state index is -0.657. The van der Waals surface area contributed by atoms with Crippen LogP contribution in [0.2, 0.25) is 0 Å². The Kier molecular flexibility index (Phi) is 8.54. The molecule has 0 aliphatic rings. The van der Waals surface area contributed by atoms with Crippen molar-refractivity contribution in [2.24, 2.45) is 4.99 Å². The van der Waals surface area contributed by atoms with Crippen LogP contribution in [0, 0.1) is 6.92 Å². The third-order valence-corrected chi connectivity index (χ3v) is 4.68. The fourth-order valence-corrected chi connectivity index (χ4v) is 3.26. The fourth-order valence-electron chi connectivity index (χ4n) is 2.47. The predicted molar refractivity (Wildman–Crippen MR) is 112 cm³/mol. The van der Waals surface area contributed by atoms with Gasteiger partial charge >= 0.3 is 0 Å². The average Bonchev–Trinajstić information content (AvgIpc) is 3.04. The van der Waals surface area contributed by atoms with Crippen molar-refractivity contribution < 1.29 is 9.84 Å². The van der Waals surface area contributed by atoms with Crippen LogP contribution in [0.15, 0.2) is 35.5 Å². The lowest BCUT2D eigenvalue weighted by atomic mass is 10.1. The highest BCUT2D eigenvalue weighted by Gasteiger charge is 2.08. The Bertz CT molecular complexity index is 713. The van der Waals surface area contributed by atoms with E-state index in [-0.39, 0.29) is 12.6 Å². The van der Waals surface area contributed by atoms with E-state index < -0.39 is 6.10 Å². The van der Waals surface area contributed by atoms with E-state index in [1.54, 1.807) is 11.3 Å². The highest BCUT2D eigenvalue weighted by Crippen LogP contribution is 2.19. The molecule has 0 amide bonds. The number of hydrogen-bond acceptors (Lipinski definition) is 5. The van der Waals surface area contributed by atoms with Crippen LogP contribution in [-0.4, -0.2) is 41.8 Å². The van der Waals surface area contributed by atoms with Gasteiger partial charge < -0.3 is 20.5 Å². The third-order valence-electron chi connectivity index (χ3n) is 3.70. The van der Waals surface area contributed by atoms with E-state index in [9.17, 15) is 5.11 Å². The van der Waals surface area contributed by atoms with Crippen LogP contribution >= 0.6 is 11.3 Å². The molecule has 1 aromatic heterocycles. The van der Waals surface area contributed by atoms with Crippen molar-refractivity contribution >= 4 is 17.3 Å². The first-order valence-corrected chi connectivity index (χ1v) is 10.2. The van der Waals surface area contributed by atoms with Gasteiger partial charge in [-0.25, -0.2) is 4.98 Å². The van der Waals surface area contributed by atoms with Gasteiger partial charge in [-0.1, -0.05) is 12.1 Å². The molecule has 0 saturated heterocycles. The second-order valence-corrected chi connectivity index (χ2v) is 7.83. The van der Waals surface area contributed by atoms with E-state index in [2.05, 4.69) is 27.5 Å². The summed E-state index contributed by atoms with van der Waals surface area (Å²) in [4.78, 5) is 10.1. The molecule has 0 fully saturated rings. The SMILES string of the molecule is CCNC(=NCC(O)c1ccc(OC(C)C)cc1)NCCc1ncc(C)s1. The Balaban J connectivity index is 1.86. The van der Waals surface area contributed by atoms with Gasteiger partial charge in [-0.15, -0.1) is 11.3 Å². The molecule has 0 bridgehead atoms. The predicted octanol–water partition coefficient (Wildman–Crippen LogP) is 3.07. The van der Waals surface area contributed by atoms with Crippen LogP contribution in [-0.2, 0) is 6.42 Å². The van der Waals surface area contributed by atoms with Crippen molar-refractivity contribution in [2.45, 2.75) is 46.3 Å². The summed E-state index contributed by atoms with van der Waals surface area (Å²) in [6.45, 7) is 9.85. The molecule has 0 radical (unpaired) electrons. The first-order chi connectivity index (χ1) is 13.0. The van der Waals surface area contributed by atoms with Gasteiger partial charge in [0.2, 0.25) is 0 Å². The van der Waals surface area contributed by atoms with Gasteiger partial charge in [0.25, 0.3) is 0 Å². The summed E-state index contributed by atoms with van der Waals surface area (Å²) in [7, 11) is 0. The molecule has 1 aromatic carbocycles. The van der Waals surface area contributed by atoms with Gasteiger partial charge in [0.1, 0.15) is 5.75 Å². The van der Waals surface area contributed by atoms with Crippen molar-refractivity contribution in [2.75, 3.05) is 19.6 Å². The zero-order chi connectivity index (χ0) is 19.6. The number of aryl methyl sites for hydroxylation is 1. The average molecular weight is 391 g/mol. The number of ether oxygens (including phenoxy) is 1. The van der Waals surface area contributed by atoms with E-state index in [4.69, 9.17) is 4.74 Å². The maximum atomic E-state index is 10.4. The lowest BCUT2D eigenvalue weighted by Crippen LogP contribution is -2.38. The van der Waals surface area contributed by atoms with E-state index >= 15 is 0 Å². The monoisotopic (exact) mass is 390 g/mol. The molecular formula is C20H30N4O2S. The molecule has 0 aliphatic carbocycles. The zero-order valence-corrected chi connectivity index (χ0v) is 17.3. The van der Waals surface area contributed by atoms with Crippen LogP contribution in [0.1, 0.15) is 42.3 Å². The molecule has 7 heteroatoms. The van der Waals surface area contributed by atoms with Crippen LogP contribution in [0.5, 0.6) is 5.75 Å². The molecular weight excluding hydrogens is 360 g/mol. The maximum absolute atomic E-state index is 10.4. The lowest BCUT2D eigenvalue weighted by molar-refractivity contribution is 0.186. The molecule has 2 aromatic rings. The Morgan fingerprint density at radius 3 is 2.59 bits per heavy atom. The molecule has 6 nitrogen and oxygen atoms in total. The standard InChI is InChI=1S/C20H30N4O2S/c1-5-21-20(22-11-10-19-23-12-15(4)27-19)24-13-18(25)16-6-8-17(9-7-16)26-14(2)3/h6-9,12,14,18,25H,5,10-11,13H2,1-4H3,(H2,21,22,24). The van der Waals surface area contributed by atoms with Gasteiger partial charge in [-0.3, -0.25) is 4.99 Å². The van der Waals surface area contributed by atoms with E-state index in [0.29, 0.717) is 5.96 Å². The number of rotatable bonds is 9. The third kappa shape index (κ3) is 7.56. The summed E-state index contributed by atoms with van der Waals surface area (Å²) >= 11 is 1.71. The van der Waals surface area contributed by atoms with Crippen LogP contribution < -0.4 is 15.4 Å². The first kappa shape index (κ1) is 21.2. The van der Waals surface area contributed by atoms with Gasteiger partial charge in [-0.05, 0) is 45.4 Å². The number of aliphatic hydroxyl groups is 1. The molecule has 0 saturated carbocycles. The normalized spacial score (nSPS) is 12.9. The van der Waals surface area contributed by atoms with E-state index in [1.165, 1.54) is 4.88 Å². The van der Waals surface area contributed by atoms with Crippen molar-refractivity contribution in [3.8, 4) is 5.75 Å². The topological polar surface area (TPSA) is 78.8 Å². The summed E-state index contributed by atoms with van der Waals surface area (Å²) in [5, 5.41) is 18.0. The molecule has 2 rings (SSSR count). The van der Waals surface area contributed by atoms with Crippen LogP contribution in [0.4, 0.5) is 0 Å². The number of aromatic nitrogens is 1. The number of aliphatic imine (C=N–C) groups is 1. The maximum Gasteiger partial charge on any atom is 0.191 e. The number of thiazole rings is 1. The molecule has 1 atom stereocenters. The summed E-state index contributed by atoms with van der Waals surface area (Å²) in [5.74, 6) is 1.50. The van der Waals surface area contributed by atoms with Crippen molar-refractivity contribution in [3.05, 3.63) is 45.9 Å². The molecule has 0 aliphatic heterocycles. The highest BCUT2D eigenvalue weighted by molar-refractivity contribution is 7.11. The number of nitrogens with one attached hydrogen (secondary N) is 2. The number of benzene rings is 1. The quantitative estimate of drug-likeness (QED) is 0.453. The van der Waals surface area contributed by atoms with E-state index in [1.807, 2.05) is 51.2 Å². The van der Waals surface area contributed by atoms with Gasteiger partial charge in [0, 0.05) is 30.6 Å². The second-order valence-electron chi connectivity index (χ2n) is 6.51. The molecule has 0 spiro atoms. The van der Waals surface area contributed by atoms with Crippen molar-refractivity contribution in [3.63, 3.8) is 0 Å². The second kappa shape index (κ2) is 10.9. The number of hydrogen-bond donors (Lipinski definition) is 3. The first-order valence-electron chi connectivity index (χ1n) is 9.36. The zero-order valence-electron chi connectivity index (χ0n) is 16.5. The Hall–Kier alpha value is -2.12. The molecule has 1 heterocycles. The van der Waals surface area contributed by atoms with Gasteiger partial charge in [-0.2, -0.15) is 0 Å². The lowest BCUT2D eigenvalue weighted by Gasteiger charge is -2.14. The molecule has 148 valence electrons. The van der Waals surface area contributed by atoms with Crippen molar-refractivity contribution in [1.82, 2.24) is 15.6 Å². The minimum Gasteiger partial charge on any atom is -0.491 e. The Morgan fingerprint density at radius 1 is 1.26 bits per heavy atom. The minimum absolute atomic E-state index is 0.132.